The zero-order valence-corrected chi connectivity index (χ0v) is 14.3. The van der Waals surface area contributed by atoms with Gasteiger partial charge in [-0.05, 0) is 31.2 Å². The molecule has 5 nitrogen and oxygen atoms in total. The quantitative estimate of drug-likeness (QED) is 0.566. The van der Waals surface area contributed by atoms with Crippen molar-refractivity contribution in [1.82, 2.24) is 15.2 Å². The Morgan fingerprint density at radius 2 is 1.85 bits per heavy atom. The second-order valence-electron chi connectivity index (χ2n) is 5.57. The number of hydrogen-bond donors (Lipinski definition) is 1. The number of thiazole rings is 1. The predicted octanol–water partition coefficient (Wildman–Crippen LogP) is 4.70. The van der Waals surface area contributed by atoms with Gasteiger partial charge in [-0.25, -0.2) is 13.8 Å². The van der Waals surface area contributed by atoms with Crippen LogP contribution < -0.4 is 5.73 Å². The van der Waals surface area contributed by atoms with E-state index < -0.39 is 11.6 Å². The SMILES string of the molecule is Cc1sc(-c2cccc(-c3nnc(N)o3)c2)nc1-c1ccc(F)cc1F. The number of halogens is 2. The van der Waals surface area contributed by atoms with Crippen LogP contribution in [-0.4, -0.2) is 15.2 Å². The summed E-state index contributed by atoms with van der Waals surface area (Å²) < 4.78 is 32.5. The van der Waals surface area contributed by atoms with Gasteiger partial charge in [0.15, 0.2) is 0 Å². The molecule has 2 N–H and O–H groups in total. The summed E-state index contributed by atoms with van der Waals surface area (Å²) in [4.78, 5) is 5.38. The minimum absolute atomic E-state index is 0.00966. The number of nitrogens with zero attached hydrogens (tertiary/aromatic N) is 3. The minimum atomic E-state index is -0.639. The molecule has 130 valence electrons. The second kappa shape index (κ2) is 6.30. The Labute approximate surface area is 151 Å². The third-order valence-corrected chi connectivity index (χ3v) is 4.80. The molecule has 0 aliphatic heterocycles. The fourth-order valence-electron chi connectivity index (χ4n) is 2.59. The van der Waals surface area contributed by atoms with Crippen LogP contribution in [0, 0.1) is 18.6 Å². The monoisotopic (exact) mass is 370 g/mol. The van der Waals surface area contributed by atoms with Gasteiger partial charge >= 0.3 is 6.01 Å². The number of hydrogen-bond acceptors (Lipinski definition) is 6. The van der Waals surface area contributed by atoms with Crippen molar-refractivity contribution in [2.75, 3.05) is 5.73 Å². The molecule has 0 spiro atoms. The van der Waals surface area contributed by atoms with Crippen molar-refractivity contribution in [3.05, 3.63) is 59.0 Å². The molecule has 4 rings (SSSR count). The molecule has 0 fully saturated rings. The second-order valence-corrected chi connectivity index (χ2v) is 6.78. The number of nitrogens with two attached hydrogens (primary N) is 1. The molecule has 26 heavy (non-hydrogen) atoms. The maximum Gasteiger partial charge on any atom is 0.313 e. The first-order valence-electron chi connectivity index (χ1n) is 7.64. The molecule has 0 aliphatic carbocycles. The fraction of sp³-hybridized carbons (Fsp3) is 0.0556. The van der Waals surface area contributed by atoms with Crippen molar-refractivity contribution >= 4 is 17.4 Å². The minimum Gasteiger partial charge on any atom is -0.404 e. The molecule has 0 saturated carbocycles. The van der Waals surface area contributed by atoms with Gasteiger partial charge in [0.2, 0.25) is 5.89 Å². The Morgan fingerprint density at radius 3 is 2.58 bits per heavy atom. The van der Waals surface area contributed by atoms with Gasteiger partial charge < -0.3 is 10.2 Å². The normalized spacial score (nSPS) is 11.0. The molecule has 0 aliphatic rings. The largest absolute Gasteiger partial charge is 0.404 e. The summed E-state index contributed by atoms with van der Waals surface area (Å²) in [5.74, 6) is -0.951. The topological polar surface area (TPSA) is 77.8 Å². The number of nitrogen functional groups attached to an aromatic ring is 1. The summed E-state index contributed by atoms with van der Waals surface area (Å²) in [6, 6.07) is 10.8. The van der Waals surface area contributed by atoms with E-state index in [9.17, 15) is 8.78 Å². The standard InChI is InChI=1S/C18H12F2N4OS/c1-9-15(13-6-5-12(19)8-14(13)20)22-17(26-9)11-4-2-3-10(7-11)16-23-24-18(21)25-16/h2-8H,1H3,(H2,21,24). The van der Waals surface area contributed by atoms with Crippen LogP contribution in [0.2, 0.25) is 0 Å². The highest BCUT2D eigenvalue weighted by Crippen LogP contribution is 2.35. The lowest BCUT2D eigenvalue weighted by molar-refractivity contribution is 0.585. The first-order valence-corrected chi connectivity index (χ1v) is 8.45. The van der Waals surface area contributed by atoms with Crippen molar-refractivity contribution in [2.45, 2.75) is 6.92 Å². The molecule has 4 aromatic rings. The van der Waals surface area contributed by atoms with E-state index in [2.05, 4.69) is 15.2 Å². The molecule has 0 saturated heterocycles. The average Bonchev–Trinajstić information content (AvgIpc) is 3.21. The van der Waals surface area contributed by atoms with Crippen molar-refractivity contribution in [2.24, 2.45) is 0 Å². The molecule has 8 heteroatoms. The van der Waals surface area contributed by atoms with E-state index in [0.717, 1.165) is 16.5 Å². The lowest BCUT2D eigenvalue weighted by Gasteiger charge is -2.01. The zero-order chi connectivity index (χ0) is 18.3. The Balaban J connectivity index is 1.76. The van der Waals surface area contributed by atoms with Gasteiger partial charge in [0.25, 0.3) is 0 Å². The highest BCUT2D eigenvalue weighted by molar-refractivity contribution is 7.15. The van der Waals surface area contributed by atoms with Gasteiger partial charge in [0, 0.05) is 27.6 Å². The van der Waals surface area contributed by atoms with Gasteiger partial charge in [-0.1, -0.05) is 17.2 Å². The number of anilines is 1. The van der Waals surface area contributed by atoms with Gasteiger partial charge in [-0.3, -0.25) is 0 Å². The predicted molar refractivity (Wildman–Crippen MR) is 95.3 cm³/mol. The summed E-state index contributed by atoms with van der Waals surface area (Å²) in [5, 5.41) is 8.22. The first-order chi connectivity index (χ1) is 12.5. The molecular formula is C18H12F2N4OS. The van der Waals surface area contributed by atoms with Crippen LogP contribution in [0.25, 0.3) is 33.3 Å². The molecule has 0 amide bonds. The van der Waals surface area contributed by atoms with Crippen molar-refractivity contribution in [1.29, 1.82) is 0 Å². The summed E-state index contributed by atoms with van der Waals surface area (Å²) in [5.41, 5.74) is 7.75. The van der Waals surface area contributed by atoms with E-state index in [-0.39, 0.29) is 11.6 Å². The van der Waals surface area contributed by atoms with Crippen molar-refractivity contribution in [3.8, 4) is 33.3 Å². The highest BCUT2D eigenvalue weighted by Gasteiger charge is 2.16. The molecule has 0 radical (unpaired) electrons. The van der Waals surface area contributed by atoms with Crippen molar-refractivity contribution in [3.63, 3.8) is 0 Å². The molecule has 2 aromatic heterocycles. The smallest absolute Gasteiger partial charge is 0.313 e. The summed E-state index contributed by atoms with van der Waals surface area (Å²) >= 11 is 1.42. The van der Waals surface area contributed by atoms with E-state index in [0.29, 0.717) is 22.2 Å². The number of rotatable bonds is 3. The lowest BCUT2D eigenvalue weighted by atomic mass is 10.1. The Morgan fingerprint density at radius 1 is 1.04 bits per heavy atom. The number of aryl methyl sites for hydroxylation is 1. The molecule has 2 aromatic carbocycles. The lowest BCUT2D eigenvalue weighted by Crippen LogP contribution is -1.88. The Hall–Kier alpha value is -3.13. The van der Waals surface area contributed by atoms with Gasteiger partial charge in [0.05, 0.1) is 5.69 Å². The zero-order valence-electron chi connectivity index (χ0n) is 13.5. The van der Waals surface area contributed by atoms with Gasteiger partial charge in [0.1, 0.15) is 16.6 Å². The summed E-state index contributed by atoms with van der Waals surface area (Å²) in [7, 11) is 0. The fourth-order valence-corrected chi connectivity index (χ4v) is 3.51. The Bertz CT molecular complexity index is 1110. The van der Waals surface area contributed by atoms with E-state index >= 15 is 0 Å². The highest BCUT2D eigenvalue weighted by atomic mass is 32.1. The third-order valence-electron chi connectivity index (χ3n) is 3.78. The third kappa shape index (κ3) is 2.95. The first kappa shape index (κ1) is 16.3. The molecule has 2 heterocycles. The van der Waals surface area contributed by atoms with Crippen LogP contribution in [-0.2, 0) is 0 Å². The van der Waals surface area contributed by atoms with Crippen molar-refractivity contribution < 1.29 is 13.2 Å². The van der Waals surface area contributed by atoms with Crippen LogP contribution in [0.15, 0.2) is 46.9 Å². The van der Waals surface area contributed by atoms with E-state index in [4.69, 9.17) is 10.2 Å². The summed E-state index contributed by atoms with van der Waals surface area (Å²) in [6.45, 7) is 1.85. The maximum atomic E-state index is 14.1. The van der Waals surface area contributed by atoms with Gasteiger partial charge in [-0.15, -0.1) is 16.4 Å². The van der Waals surface area contributed by atoms with Crippen LogP contribution in [0.5, 0.6) is 0 Å². The number of aromatic nitrogens is 3. The van der Waals surface area contributed by atoms with E-state index in [1.165, 1.54) is 23.5 Å². The van der Waals surface area contributed by atoms with Crippen LogP contribution in [0.4, 0.5) is 14.8 Å². The molecule has 0 bridgehead atoms. The summed E-state index contributed by atoms with van der Waals surface area (Å²) in [6.07, 6.45) is 0. The molecule has 0 atom stereocenters. The Kier molecular flexibility index (Phi) is 3.96. The van der Waals surface area contributed by atoms with Gasteiger partial charge in [-0.2, -0.15) is 0 Å². The van der Waals surface area contributed by atoms with Crippen LogP contribution in [0.1, 0.15) is 4.88 Å². The van der Waals surface area contributed by atoms with E-state index in [1.54, 1.807) is 0 Å². The van der Waals surface area contributed by atoms with Crippen LogP contribution >= 0.6 is 11.3 Å². The average molecular weight is 370 g/mol. The maximum absolute atomic E-state index is 14.1. The van der Waals surface area contributed by atoms with E-state index in [1.807, 2.05) is 31.2 Å². The molecule has 0 unspecified atom stereocenters. The van der Waals surface area contributed by atoms with Crippen LogP contribution in [0.3, 0.4) is 0 Å². The molecular weight excluding hydrogens is 358 g/mol. The number of benzene rings is 2.